The van der Waals surface area contributed by atoms with Gasteiger partial charge in [-0.15, -0.1) is 0 Å². The molecule has 0 spiro atoms. The van der Waals surface area contributed by atoms with Crippen LogP contribution in [0.3, 0.4) is 0 Å². The van der Waals surface area contributed by atoms with Crippen LogP contribution in [0.1, 0.15) is 18.9 Å². The van der Waals surface area contributed by atoms with Crippen LogP contribution in [0.2, 0.25) is 5.02 Å². The fourth-order valence-electron chi connectivity index (χ4n) is 4.06. The molecule has 4 aromatic carbocycles. The number of ether oxygens (including phenoxy) is 2. The van der Waals surface area contributed by atoms with Crippen LogP contribution in [0.4, 0.5) is 39.5 Å². The van der Waals surface area contributed by atoms with Gasteiger partial charge in [0.15, 0.2) is 35.6 Å². The van der Waals surface area contributed by atoms with Crippen LogP contribution < -0.4 is 9.47 Å². The lowest BCUT2D eigenvalue weighted by Gasteiger charge is -2.19. The van der Waals surface area contributed by atoms with Gasteiger partial charge in [-0.05, 0) is 59.5 Å². The van der Waals surface area contributed by atoms with Gasteiger partial charge in [-0.1, -0.05) is 31.0 Å². The molecule has 0 aliphatic carbocycles. The lowest BCUT2D eigenvalue weighted by Crippen LogP contribution is -2.32. The molecule has 0 aromatic heterocycles. The van der Waals surface area contributed by atoms with E-state index in [1.807, 2.05) is 6.92 Å². The topological polar surface area (TPSA) is 18.5 Å². The molecule has 0 amide bonds. The second-order valence-electron chi connectivity index (χ2n) is 8.87. The second-order valence-corrected chi connectivity index (χ2v) is 9.28. The molecular weight excluding hydrogens is 587 g/mol. The SMILES string of the molecule is CCCc1cc(F)c(-c2cc(F)c(-c3ccc(OCC(F)(F)Oc4cc(F)c(F)c(F)c4)c(F)c3)c(F)c2)c(Cl)c1. The van der Waals surface area contributed by atoms with Gasteiger partial charge in [-0.3, -0.25) is 0 Å². The largest absolute Gasteiger partial charge is 0.480 e. The maximum absolute atomic E-state index is 15.0. The third kappa shape index (κ3) is 6.73. The van der Waals surface area contributed by atoms with Gasteiger partial charge >= 0.3 is 6.11 Å². The molecule has 2 nitrogen and oxygen atoms in total. The van der Waals surface area contributed by atoms with E-state index in [2.05, 4.69) is 9.47 Å². The predicted octanol–water partition coefficient (Wildman–Crippen LogP) is 9.65. The molecule has 41 heavy (non-hydrogen) atoms. The quantitative estimate of drug-likeness (QED) is 0.140. The smallest absolute Gasteiger partial charge is 0.433 e. The zero-order valence-corrected chi connectivity index (χ0v) is 21.7. The van der Waals surface area contributed by atoms with Crippen LogP contribution in [0, 0.1) is 40.7 Å². The average Bonchev–Trinajstić information content (AvgIpc) is 2.86. The van der Waals surface area contributed by atoms with Crippen LogP contribution >= 0.6 is 11.6 Å². The lowest BCUT2D eigenvalue weighted by molar-refractivity contribution is -0.196. The molecule has 4 rings (SSSR count). The predicted molar refractivity (Wildman–Crippen MR) is 134 cm³/mol. The molecule has 0 atom stereocenters. The van der Waals surface area contributed by atoms with Crippen molar-refractivity contribution in [3.63, 3.8) is 0 Å². The van der Waals surface area contributed by atoms with Crippen molar-refractivity contribution in [2.24, 2.45) is 0 Å². The van der Waals surface area contributed by atoms with Gasteiger partial charge < -0.3 is 9.47 Å². The summed E-state index contributed by atoms with van der Waals surface area (Å²) < 4.78 is 136. The number of rotatable bonds is 9. The van der Waals surface area contributed by atoms with E-state index in [4.69, 9.17) is 11.6 Å². The second kappa shape index (κ2) is 11.9. The number of aryl methyl sites for hydroxylation is 1. The summed E-state index contributed by atoms with van der Waals surface area (Å²) in [7, 11) is 0. The Kier molecular flexibility index (Phi) is 8.77. The van der Waals surface area contributed by atoms with Gasteiger partial charge in [0, 0.05) is 17.7 Å². The van der Waals surface area contributed by atoms with E-state index in [9.17, 15) is 30.7 Å². The summed E-state index contributed by atoms with van der Waals surface area (Å²) >= 11 is 6.17. The Morgan fingerprint density at radius 2 is 1.27 bits per heavy atom. The van der Waals surface area contributed by atoms with Gasteiger partial charge in [-0.25, -0.2) is 30.7 Å². The zero-order valence-electron chi connectivity index (χ0n) is 20.9. The molecule has 4 aromatic rings. The Morgan fingerprint density at radius 3 is 1.83 bits per heavy atom. The van der Waals surface area contributed by atoms with Crippen molar-refractivity contribution in [1.29, 1.82) is 0 Å². The molecule has 0 aliphatic heterocycles. The summed E-state index contributed by atoms with van der Waals surface area (Å²) in [5.41, 5.74) is -0.830. The first-order chi connectivity index (χ1) is 19.3. The third-order valence-corrected chi connectivity index (χ3v) is 6.11. The molecule has 0 radical (unpaired) electrons. The van der Waals surface area contributed by atoms with Crippen molar-refractivity contribution < 1.29 is 49.0 Å². The minimum atomic E-state index is -4.25. The van der Waals surface area contributed by atoms with E-state index in [0.717, 1.165) is 30.7 Å². The molecule has 12 heteroatoms. The van der Waals surface area contributed by atoms with Gasteiger partial charge in [0.2, 0.25) is 0 Å². The monoisotopic (exact) mass is 604 g/mol. The Hall–Kier alpha value is -3.86. The number of hydrogen-bond donors (Lipinski definition) is 0. The highest BCUT2D eigenvalue weighted by Gasteiger charge is 2.34. The molecule has 0 N–H and O–H groups in total. The summed E-state index contributed by atoms with van der Waals surface area (Å²) in [5, 5.41) is -0.0528. The average molecular weight is 605 g/mol. The van der Waals surface area contributed by atoms with Crippen LogP contribution in [0.15, 0.2) is 54.6 Å². The number of hydrogen-bond acceptors (Lipinski definition) is 2. The van der Waals surface area contributed by atoms with Crippen LogP contribution in [-0.2, 0) is 6.42 Å². The number of halogens is 10. The van der Waals surface area contributed by atoms with Crippen LogP contribution in [0.5, 0.6) is 11.5 Å². The highest BCUT2D eigenvalue weighted by molar-refractivity contribution is 6.33. The molecule has 0 unspecified atom stereocenters. The van der Waals surface area contributed by atoms with Gasteiger partial charge in [0.25, 0.3) is 0 Å². The summed E-state index contributed by atoms with van der Waals surface area (Å²) in [6.07, 6.45) is -2.98. The van der Waals surface area contributed by atoms with Crippen LogP contribution in [-0.4, -0.2) is 12.7 Å². The first kappa shape index (κ1) is 30.1. The Morgan fingerprint density at radius 1 is 0.683 bits per heavy atom. The van der Waals surface area contributed by atoms with E-state index >= 15 is 8.78 Å². The molecule has 0 heterocycles. The van der Waals surface area contributed by atoms with E-state index < -0.39 is 70.5 Å². The number of benzene rings is 4. The fourth-order valence-corrected chi connectivity index (χ4v) is 4.40. The van der Waals surface area contributed by atoms with Crippen molar-refractivity contribution in [1.82, 2.24) is 0 Å². The van der Waals surface area contributed by atoms with Crippen molar-refractivity contribution in [2.45, 2.75) is 25.9 Å². The van der Waals surface area contributed by atoms with Gasteiger partial charge in [0.1, 0.15) is 23.2 Å². The highest BCUT2D eigenvalue weighted by atomic mass is 35.5. The molecule has 0 saturated carbocycles. The third-order valence-electron chi connectivity index (χ3n) is 5.81. The highest BCUT2D eigenvalue weighted by Crippen LogP contribution is 2.37. The minimum absolute atomic E-state index is 0.0528. The normalized spacial score (nSPS) is 11.6. The Bertz CT molecular complexity index is 1540. The molecular formula is C29H18ClF9O2. The van der Waals surface area contributed by atoms with Crippen molar-refractivity contribution in [2.75, 3.05) is 6.61 Å². The van der Waals surface area contributed by atoms with E-state index in [1.54, 1.807) is 0 Å². The molecule has 0 fully saturated rings. The Balaban J connectivity index is 1.54. The maximum atomic E-state index is 15.0. The molecule has 0 saturated heterocycles. The van der Waals surface area contributed by atoms with Crippen molar-refractivity contribution in [3.8, 4) is 33.8 Å². The molecule has 0 aliphatic rings. The van der Waals surface area contributed by atoms with Gasteiger partial charge in [-0.2, -0.15) is 8.78 Å². The number of alkyl halides is 2. The first-order valence-corrected chi connectivity index (χ1v) is 12.3. The summed E-state index contributed by atoms with van der Waals surface area (Å²) in [6.45, 7) is 0.238. The van der Waals surface area contributed by atoms with E-state index in [0.29, 0.717) is 18.1 Å². The maximum Gasteiger partial charge on any atom is 0.433 e. The van der Waals surface area contributed by atoms with E-state index in [-0.39, 0.29) is 33.8 Å². The van der Waals surface area contributed by atoms with Crippen LogP contribution in [0.25, 0.3) is 22.3 Å². The fraction of sp³-hybridized carbons (Fsp3) is 0.172. The van der Waals surface area contributed by atoms with Crippen molar-refractivity contribution >= 4 is 11.6 Å². The minimum Gasteiger partial charge on any atom is -0.480 e. The Labute approximate surface area is 232 Å². The standard InChI is InChI=1S/C29H18ClF9O2/c1-2-3-14-6-18(30)26(20(32)7-14)16-9-21(33)27(22(34)10-16)15-4-5-25(19(31)8-15)40-13-29(38,39)41-17-11-23(35)28(37)24(36)12-17/h4-12H,2-3,13H2,1H3. The lowest BCUT2D eigenvalue weighted by atomic mass is 9.97. The zero-order chi connectivity index (χ0) is 30.1. The summed E-state index contributed by atoms with van der Waals surface area (Å²) in [6, 6.07) is 7.13. The first-order valence-electron chi connectivity index (χ1n) is 11.9. The van der Waals surface area contributed by atoms with E-state index in [1.165, 1.54) is 12.1 Å². The van der Waals surface area contributed by atoms with Gasteiger partial charge in [0.05, 0.1) is 10.6 Å². The van der Waals surface area contributed by atoms with Crippen molar-refractivity contribution in [3.05, 3.63) is 106 Å². The summed E-state index contributed by atoms with van der Waals surface area (Å²) in [5.74, 6) is -11.7. The molecule has 216 valence electrons. The molecule has 0 bridgehead atoms. The summed E-state index contributed by atoms with van der Waals surface area (Å²) in [4.78, 5) is 0.